The minimum absolute atomic E-state index is 0.0463. The molecular formula is C35H34FN7O3S. The number of amides is 1. The highest BCUT2D eigenvalue weighted by atomic mass is 32.1. The summed E-state index contributed by atoms with van der Waals surface area (Å²) in [5.41, 5.74) is 9.83. The number of fused-ring (bicyclic) bond motifs is 2. The molecule has 4 aromatic heterocycles. The van der Waals surface area contributed by atoms with Gasteiger partial charge in [-0.2, -0.15) is 0 Å². The number of carbonyl (C=O) groups is 1. The zero-order valence-electron chi connectivity index (χ0n) is 26.2. The standard InChI is InChI=1S/C35H34FN7O3S/c1-18(2)15-26-29(33(38)44)31(30(34(39)46-19(3)37)27(42-26)17-45-22-8-6-21(36)7-9-22)28-16-20-12-14-41-35(32(20)47-28)43-25-11-10-24-23(25)5-4-13-40-24/h4-9,12-14,16,18,25,37,39H,10-11,15,17H2,1-3H3,(H2,38,44)(H,41,43)/t25-/m1/s1. The maximum Gasteiger partial charge on any atom is 0.251 e. The lowest BCUT2D eigenvalue weighted by Crippen LogP contribution is -2.23. The van der Waals surface area contributed by atoms with E-state index in [9.17, 15) is 9.18 Å². The summed E-state index contributed by atoms with van der Waals surface area (Å²) in [5, 5.41) is 21.4. The highest BCUT2D eigenvalue weighted by Crippen LogP contribution is 2.43. The van der Waals surface area contributed by atoms with E-state index >= 15 is 0 Å². The van der Waals surface area contributed by atoms with Gasteiger partial charge in [-0.3, -0.25) is 25.6 Å². The van der Waals surface area contributed by atoms with Crippen LogP contribution in [0.4, 0.5) is 10.2 Å². The first kappa shape index (κ1) is 31.7. The Morgan fingerprint density at radius 3 is 2.62 bits per heavy atom. The van der Waals surface area contributed by atoms with Crippen molar-refractivity contribution >= 4 is 44.9 Å². The summed E-state index contributed by atoms with van der Waals surface area (Å²) >= 11 is 1.41. The van der Waals surface area contributed by atoms with Crippen LogP contribution in [-0.2, 0) is 24.2 Å². The third-order valence-electron chi connectivity index (χ3n) is 7.83. The van der Waals surface area contributed by atoms with Gasteiger partial charge in [-0.25, -0.2) is 9.37 Å². The van der Waals surface area contributed by atoms with Crippen LogP contribution in [-0.4, -0.2) is 32.7 Å². The van der Waals surface area contributed by atoms with E-state index in [1.54, 1.807) is 6.20 Å². The van der Waals surface area contributed by atoms with E-state index in [0.717, 1.165) is 34.2 Å². The van der Waals surface area contributed by atoms with Crippen molar-refractivity contribution in [2.45, 2.75) is 52.7 Å². The number of thiophene rings is 1. The van der Waals surface area contributed by atoms with Crippen molar-refractivity contribution in [3.8, 4) is 16.2 Å². The summed E-state index contributed by atoms with van der Waals surface area (Å²) in [7, 11) is 0. The van der Waals surface area contributed by atoms with E-state index in [2.05, 4.69) is 21.4 Å². The maximum atomic E-state index is 13.6. The van der Waals surface area contributed by atoms with Crippen LogP contribution in [0.15, 0.2) is 60.9 Å². The van der Waals surface area contributed by atoms with Gasteiger partial charge >= 0.3 is 0 Å². The molecule has 1 aromatic carbocycles. The number of hydrogen-bond acceptors (Lipinski definition) is 10. The second kappa shape index (κ2) is 13.2. The molecule has 0 saturated carbocycles. The predicted octanol–water partition coefficient (Wildman–Crippen LogP) is 7.21. The first-order valence-corrected chi connectivity index (χ1v) is 16.1. The van der Waals surface area contributed by atoms with Crippen molar-refractivity contribution in [2.24, 2.45) is 11.7 Å². The smallest absolute Gasteiger partial charge is 0.251 e. The molecule has 0 spiro atoms. The molecule has 1 amide bonds. The molecule has 0 fully saturated rings. The molecule has 0 aliphatic heterocycles. The minimum Gasteiger partial charge on any atom is -0.487 e. The number of halogens is 1. The van der Waals surface area contributed by atoms with E-state index in [1.807, 2.05) is 38.2 Å². The predicted molar refractivity (Wildman–Crippen MR) is 181 cm³/mol. The summed E-state index contributed by atoms with van der Waals surface area (Å²) in [6.45, 7) is 5.32. The van der Waals surface area contributed by atoms with Gasteiger partial charge < -0.3 is 20.5 Å². The van der Waals surface area contributed by atoms with Gasteiger partial charge in [0.15, 0.2) is 5.90 Å². The van der Waals surface area contributed by atoms with Gasteiger partial charge in [-0.15, -0.1) is 11.3 Å². The number of pyridine rings is 3. The number of ether oxygens (including phenoxy) is 2. The third-order valence-corrected chi connectivity index (χ3v) is 9.00. The summed E-state index contributed by atoms with van der Waals surface area (Å²) < 4.78 is 26.0. The van der Waals surface area contributed by atoms with E-state index in [1.165, 1.54) is 42.5 Å². The number of aromatic nitrogens is 3. The molecule has 4 heterocycles. The number of primary amides is 1. The number of hydrogen-bond donors (Lipinski definition) is 4. The van der Waals surface area contributed by atoms with Crippen LogP contribution in [0.3, 0.4) is 0 Å². The fourth-order valence-electron chi connectivity index (χ4n) is 5.89. The quantitative estimate of drug-likeness (QED) is 0.0917. The van der Waals surface area contributed by atoms with Crippen LogP contribution in [0.5, 0.6) is 5.75 Å². The highest BCUT2D eigenvalue weighted by molar-refractivity contribution is 7.22. The summed E-state index contributed by atoms with van der Waals surface area (Å²) in [6, 6.07) is 13.5. The monoisotopic (exact) mass is 651 g/mol. The van der Waals surface area contributed by atoms with Crippen molar-refractivity contribution in [1.82, 2.24) is 15.0 Å². The molecule has 47 heavy (non-hydrogen) atoms. The lowest BCUT2D eigenvalue weighted by atomic mass is 9.92. The zero-order chi connectivity index (χ0) is 33.2. The molecule has 12 heteroatoms. The molecule has 1 atom stereocenters. The third kappa shape index (κ3) is 6.68. The van der Waals surface area contributed by atoms with Gasteiger partial charge in [-0.05, 0) is 78.6 Å². The molecule has 240 valence electrons. The van der Waals surface area contributed by atoms with Crippen LogP contribution < -0.4 is 15.8 Å². The van der Waals surface area contributed by atoms with Crippen LogP contribution in [0.25, 0.3) is 20.5 Å². The molecule has 5 N–H and O–H groups in total. The van der Waals surface area contributed by atoms with Crippen molar-refractivity contribution in [1.29, 1.82) is 10.8 Å². The van der Waals surface area contributed by atoms with Gasteiger partial charge in [0.1, 0.15) is 24.0 Å². The lowest BCUT2D eigenvalue weighted by Gasteiger charge is -2.21. The molecule has 0 bridgehead atoms. The fourth-order valence-corrected chi connectivity index (χ4v) is 7.05. The SMILES string of the molecule is CC(=N)OC(=N)c1c(COc2ccc(F)cc2)nc(CC(C)C)c(C(N)=O)c1-c1cc2ccnc(N[C@@H]3CCc4ncccc43)c2s1. The normalized spacial score (nSPS) is 13.9. The Bertz CT molecular complexity index is 2010. The summed E-state index contributed by atoms with van der Waals surface area (Å²) in [6.07, 6.45) is 5.73. The summed E-state index contributed by atoms with van der Waals surface area (Å²) in [4.78, 5) is 28.0. The largest absolute Gasteiger partial charge is 0.487 e. The van der Waals surface area contributed by atoms with Gasteiger partial charge in [-0.1, -0.05) is 19.9 Å². The van der Waals surface area contributed by atoms with Crippen molar-refractivity contribution in [2.75, 3.05) is 5.32 Å². The molecule has 10 nitrogen and oxygen atoms in total. The number of carbonyl (C=O) groups excluding carboxylic acids is 1. The number of rotatable bonds is 10. The number of nitrogens with two attached hydrogens (primary N) is 1. The van der Waals surface area contributed by atoms with E-state index in [4.69, 9.17) is 31.0 Å². The second-order valence-electron chi connectivity index (χ2n) is 11.8. The average Bonchev–Trinajstić information content (AvgIpc) is 3.64. The van der Waals surface area contributed by atoms with Crippen LogP contribution in [0.1, 0.15) is 71.8 Å². The lowest BCUT2D eigenvalue weighted by molar-refractivity contribution is 0.0999. The van der Waals surface area contributed by atoms with Gasteiger partial charge in [0, 0.05) is 35.5 Å². The first-order valence-electron chi connectivity index (χ1n) is 15.2. The van der Waals surface area contributed by atoms with Crippen molar-refractivity contribution in [3.63, 3.8) is 0 Å². The molecule has 0 unspecified atom stereocenters. The van der Waals surface area contributed by atoms with E-state index in [-0.39, 0.29) is 41.5 Å². The highest BCUT2D eigenvalue weighted by Gasteiger charge is 2.30. The second-order valence-corrected chi connectivity index (χ2v) is 12.8. The molecular weight excluding hydrogens is 617 g/mol. The Hall–Kier alpha value is -5.23. The van der Waals surface area contributed by atoms with Gasteiger partial charge in [0.2, 0.25) is 5.90 Å². The summed E-state index contributed by atoms with van der Waals surface area (Å²) in [5.74, 6) is -0.470. The molecule has 6 rings (SSSR count). The number of nitrogens with one attached hydrogen (secondary N) is 3. The van der Waals surface area contributed by atoms with Gasteiger partial charge in [0.05, 0.1) is 33.3 Å². The van der Waals surface area contributed by atoms with Crippen molar-refractivity contribution < 1.29 is 18.7 Å². The molecule has 0 saturated heterocycles. The average molecular weight is 652 g/mol. The number of nitrogens with zero attached hydrogens (tertiary/aromatic N) is 3. The number of benzene rings is 1. The number of aryl methyl sites for hydroxylation is 1. The Labute approximate surface area is 275 Å². The molecule has 1 aliphatic rings. The van der Waals surface area contributed by atoms with Crippen LogP contribution in [0, 0.1) is 22.6 Å². The number of anilines is 1. The molecule has 0 radical (unpaired) electrons. The minimum atomic E-state index is -0.696. The molecule has 1 aliphatic carbocycles. The Kier molecular flexibility index (Phi) is 8.95. The van der Waals surface area contributed by atoms with Crippen LogP contribution in [0.2, 0.25) is 0 Å². The van der Waals surface area contributed by atoms with Crippen LogP contribution >= 0.6 is 11.3 Å². The van der Waals surface area contributed by atoms with Crippen molar-refractivity contribution in [3.05, 3.63) is 101 Å². The maximum absolute atomic E-state index is 13.6. The fraction of sp³-hybridized carbons (Fsp3) is 0.257. The zero-order valence-corrected chi connectivity index (χ0v) is 27.0. The topological polar surface area (TPSA) is 160 Å². The molecule has 5 aromatic rings. The van der Waals surface area contributed by atoms with E-state index < -0.39 is 11.7 Å². The Morgan fingerprint density at radius 1 is 1.11 bits per heavy atom. The van der Waals surface area contributed by atoms with E-state index in [0.29, 0.717) is 39.8 Å². The first-order chi connectivity index (χ1) is 22.6. The Balaban J connectivity index is 1.53. The Morgan fingerprint density at radius 2 is 1.89 bits per heavy atom. The van der Waals surface area contributed by atoms with Gasteiger partial charge in [0.25, 0.3) is 5.91 Å².